The number of anilines is 1. The number of nitrogens with one attached hydrogen (secondary N) is 1. The van der Waals surface area contributed by atoms with Gasteiger partial charge in [-0.25, -0.2) is 9.78 Å². The fraction of sp³-hybridized carbons (Fsp3) is 0.200. The molecule has 2 aromatic carbocycles. The zero-order chi connectivity index (χ0) is 23.5. The Morgan fingerprint density at radius 2 is 1.73 bits per heavy atom. The van der Waals surface area contributed by atoms with Crippen LogP contribution in [0.25, 0.3) is 10.2 Å². The number of aromatic nitrogens is 2. The Labute approximate surface area is 194 Å². The van der Waals surface area contributed by atoms with Gasteiger partial charge in [-0.05, 0) is 43.0 Å². The van der Waals surface area contributed by atoms with Crippen LogP contribution < -0.4 is 10.9 Å². The Balaban J connectivity index is 1.55. The smallest absolute Gasteiger partial charge is 0.349 e. The lowest BCUT2D eigenvalue weighted by molar-refractivity contribution is -0.116. The summed E-state index contributed by atoms with van der Waals surface area (Å²) in [6.07, 6.45) is 1.34. The Bertz CT molecular complexity index is 1390. The molecule has 0 aliphatic carbocycles. The summed E-state index contributed by atoms with van der Waals surface area (Å²) in [5.41, 5.74) is 3.63. The number of ether oxygens (including phenoxy) is 1. The first-order valence-corrected chi connectivity index (χ1v) is 11.2. The van der Waals surface area contributed by atoms with Gasteiger partial charge in [0.2, 0.25) is 5.91 Å². The average Bonchev–Trinajstić information content (AvgIpc) is 3.14. The lowest BCUT2D eigenvalue weighted by atomic mass is 10.1. The average molecular weight is 462 g/mol. The van der Waals surface area contributed by atoms with E-state index in [-0.39, 0.29) is 24.6 Å². The molecule has 0 bridgehead atoms. The summed E-state index contributed by atoms with van der Waals surface area (Å²) >= 11 is 1.12. The van der Waals surface area contributed by atoms with Crippen LogP contribution in [0, 0.1) is 20.8 Å². The van der Waals surface area contributed by atoms with Crippen LogP contribution in [0.3, 0.4) is 0 Å². The van der Waals surface area contributed by atoms with Crippen LogP contribution in [0.1, 0.15) is 31.9 Å². The van der Waals surface area contributed by atoms with E-state index in [1.54, 1.807) is 6.92 Å². The number of hydrogen-bond donors (Lipinski definition) is 1. The predicted octanol–water partition coefficient (Wildman–Crippen LogP) is 4.38. The number of esters is 1. The van der Waals surface area contributed by atoms with E-state index in [2.05, 4.69) is 10.3 Å². The van der Waals surface area contributed by atoms with Crippen LogP contribution in [-0.2, 0) is 22.7 Å². The fourth-order valence-corrected chi connectivity index (χ4v) is 4.63. The van der Waals surface area contributed by atoms with Crippen molar-refractivity contribution in [3.05, 3.63) is 92.3 Å². The van der Waals surface area contributed by atoms with Crippen molar-refractivity contribution in [1.29, 1.82) is 0 Å². The Hall–Kier alpha value is -3.78. The summed E-state index contributed by atoms with van der Waals surface area (Å²) in [5, 5.41) is 3.20. The van der Waals surface area contributed by atoms with Gasteiger partial charge in [-0.1, -0.05) is 48.5 Å². The van der Waals surface area contributed by atoms with Gasteiger partial charge < -0.3 is 10.1 Å². The summed E-state index contributed by atoms with van der Waals surface area (Å²) in [7, 11) is 0. The SMILES string of the molecule is Cc1cccc(C)c1NC(=O)Cn1cnc2sc(C(=O)OCc3ccccc3)c(C)c2c1=O. The summed E-state index contributed by atoms with van der Waals surface area (Å²) in [5.74, 6) is -0.830. The second-order valence-corrected chi connectivity index (χ2v) is 8.79. The first-order chi connectivity index (χ1) is 15.8. The van der Waals surface area contributed by atoms with Crippen molar-refractivity contribution in [2.75, 3.05) is 5.32 Å². The number of thiophene rings is 1. The molecule has 4 aromatic rings. The maximum Gasteiger partial charge on any atom is 0.349 e. The third-order valence-electron chi connectivity index (χ3n) is 5.37. The van der Waals surface area contributed by atoms with Crippen molar-refractivity contribution in [2.45, 2.75) is 33.9 Å². The van der Waals surface area contributed by atoms with E-state index in [4.69, 9.17) is 4.74 Å². The predicted molar refractivity (Wildman–Crippen MR) is 129 cm³/mol. The number of fused-ring (bicyclic) bond motifs is 1. The zero-order valence-electron chi connectivity index (χ0n) is 18.5. The van der Waals surface area contributed by atoms with Gasteiger partial charge in [-0.2, -0.15) is 0 Å². The second kappa shape index (κ2) is 9.38. The van der Waals surface area contributed by atoms with Gasteiger partial charge in [0.05, 0.1) is 11.7 Å². The minimum atomic E-state index is -0.502. The molecule has 7 nitrogen and oxygen atoms in total. The maximum atomic E-state index is 13.1. The number of para-hydroxylation sites is 1. The molecule has 0 fully saturated rings. The molecule has 0 radical (unpaired) electrons. The van der Waals surface area contributed by atoms with Crippen molar-refractivity contribution >= 4 is 39.1 Å². The minimum absolute atomic E-state index is 0.142. The summed E-state index contributed by atoms with van der Waals surface area (Å²) in [6, 6.07) is 15.1. The third kappa shape index (κ3) is 4.70. The van der Waals surface area contributed by atoms with Gasteiger partial charge in [0.1, 0.15) is 22.9 Å². The topological polar surface area (TPSA) is 90.3 Å². The highest BCUT2D eigenvalue weighted by molar-refractivity contribution is 7.20. The van der Waals surface area contributed by atoms with Crippen molar-refractivity contribution in [3.8, 4) is 0 Å². The molecule has 0 saturated heterocycles. The highest BCUT2D eigenvalue weighted by Gasteiger charge is 2.21. The first-order valence-electron chi connectivity index (χ1n) is 10.4. The van der Waals surface area contributed by atoms with Gasteiger partial charge in [-0.3, -0.25) is 14.2 Å². The van der Waals surface area contributed by atoms with Gasteiger partial charge in [0, 0.05) is 5.69 Å². The molecule has 0 atom stereocenters. The number of rotatable bonds is 6. The lowest BCUT2D eigenvalue weighted by Crippen LogP contribution is -2.28. The Kier molecular flexibility index (Phi) is 6.37. The number of benzene rings is 2. The van der Waals surface area contributed by atoms with Gasteiger partial charge in [-0.15, -0.1) is 11.3 Å². The molecule has 1 amide bonds. The molecule has 8 heteroatoms. The number of aryl methyl sites for hydroxylation is 3. The Morgan fingerprint density at radius 1 is 1.03 bits per heavy atom. The lowest BCUT2D eigenvalue weighted by Gasteiger charge is -2.12. The molecule has 0 aliphatic rings. The van der Waals surface area contributed by atoms with Crippen LogP contribution in [-0.4, -0.2) is 21.4 Å². The molecule has 0 aliphatic heterocycles. The van der Waals surface area contributed by atoms with E-state index in [1.807, 2.05) is 62.4 Å². The second-order valence-electron chi connectivity index (χ2n) is 7.79. The summed E-state index contributed by atoms with van der Waals surface area (Å²) in [6.45, 7) is 5.48. The number of hydrogen-bond acceptors (Lipinski definition) is 6. The number of carbonyl (C=O) groups is 2. The van der Waals surface area contributed by atoms with Gasteiger partial charge >= 0.3 is 5.97 Å². The van der Waals surface area contributed by atoms with E-state index in [9.17, 15) is 14.4 Å². The van der Waals surface area contributed by atoms with Crippen LogP contribution in [0.4, 0.5) is 5.69 Å². The number of carbonyl (C=O) groups excluding carboxylic acids is 2. The molecule has 0 unspecified atom stereocenters. The molecule has 0 spiro atoms. The van der Waals surface area contributed by atoms with Crippen LogP contribution >= 0.6 is 11.3 Å². The zero-order valence-corrected chi connectivity index (χ0v) is 19.4. The number of nitrogens with zero attached hydrogens (tertiary/aromatic N) is 2. The normalized spacial score (nSPS) is 10.9. The molecule has 168 valence electrons. The minimum Gasteiger partial charge on any atom is -0.457 e. The fourth-order valence-electron chi connectivity index (χ4n) is 3.60. The molecule has 2 aromatic heterocycles. The van der Waals surface area contributed by atoms with Gasteiger partial charge in [0.15, 0.2) is 0 Å². The van der Waals surface area contributed by atoms with Crippen molar-refractivity contribution in [2.24, 2.45) is 0 Å². The molecular formula is C25H23N3O4S. The van der Waals surface area contributed by atoms with E-state index in [0.29, 0.717) is 20.7 Å². The molecule has 0 saturated carbocycles. The van der Waals surface area contributed by atoms with Crippen LogP contribution in [0.15, 0.2) is 59.7 Å². The largest absolute Gasteiger partial charge is 0.457 e. The quantitative estimate of drug-likeness (QED) is 0.431. The van der Waals surface area contributed by atoms with Crippen LogP contribution in [0.2, 0.25) is 0 Å². The highest BCUT2D eigenvalue weighted by atomic mass is 32.1. The van der Waals surface area contributed by atoms with Crippen LogP contribution in [0.5, 0.6) is 0 Å². The van der Waals surface area contributed by atoms with Crippen molar-refractivity contribution in [1.82, 2.24) is 9.55 Å². The molecule has 33 heavy (non-hydrogen) atoms. The highest BCUT2D eigenvalue weighted by Crippen LogP contribution is 2.28. The first kappa shape index (κ1) is 22.4. The number of amides is 1. The summed E-state index contributed by atoms with van der Waals surface area (Å²) < 4.78 is 6.67. The van der Waals surface area contributed by atoms with E-state index in [0.717, 1.165) is 33.7 Å². The molecular weight excluding hydrogens is 438 g/mol. The Morgan fingerprint density at radius 3 is 2.42 bits per heavy atom. The standard InChI is InChI=1S/C25H23N3O4S/c1-15-8-7-9-16(2)21(15)27-19(29)12-28-14-26-23-20(24(28)30)17(3)22(33-23)25(31)32-13-18-10-5-4-6-11-18/h4-11,14H,12-13H2,1-3H3,(H,27,29). The molecule has 1 N–H and O–H groups in total. The molecule has 2 heterocycles. The maximum absolute atomic E-state index is 13.1. The van der Waals surface area contributed by atoms with E-state index >= 15 is 0 Å². The summed E-state index contributed by atoms with van der Waals surface area (Å²) in [4.78, 5) is 43.4. The monoisotopic (exact) mass is 461 g/mol. The van der Waals surface area contributed by atoms with Crippen molar-refractivity contribution < 1.29 is 14.3 Å². The van der Waals surface area contributed by atoms with Crippen molar-refractivity contribution in [3.63, 3.8) is 0 Å². The van der Waals surface area contributed by atoms with E-state index < -0.39 is 5.97 Å². The van der Waals surface area contributed by atoms with Gasteiger partial charge in [0.25, 0.3) is 5.56 Å². The van der Waals surface area contributed by atoms with E-state index in [1.165, 1.54) is 10.9 Å². The third-order valence-corrected chi connectivity index (χ3v) is 6.55. The molecule has 4 rings (SSSR count).